The third-order valence-electron chi connectivity index (χ3n) is 9.68. The number of aliphatic hydroxyl groups excluding tert-OH is 1. The minimum Gasteiger partial charge on any atom is -0.490 e. The molecule has 2 saturated heterocycles. The van der Waals surface area contributed by atoms with Gasteiger partial charge in [-0.2, -0.15) is 0 Å². The van der Waals surface area contributed by atoms with Gasteiger partial charge in [0.15, 0.2) is 0 Å². The number of aliphatic hydroxyl groups is 1. The highest BCUT2D eigenvalue weighted by atomic mass is 19.1. The van der Waals surface area contributed by atoms with Crippen molar-refractivity contribution in [3.8, 4) is 11.5 Å². The number of halogens is 1. The summed E-state index contributed by atoms with van der Waals surface area (Å²) in [5.74, 6) is 0.658. The van der Waals surface area contributed by atoms with Crippen LogP contribution in [0.3, 0.4) is 0 Å². The average molecular weight is 725 g/mol. The maximum atomic E-state index is 13.8. The van der Waals surface area contributed by atoms with Crippen LogP contribution in [0.25, 0.3) is 0 Å². The van der Waals surface area contributed by atoms with Gasteiger partial charge < -0.3 is 39.2 Å². The maximum absolute atomic E-state index is 13.8. The van der Waals surface area contributed by atoms with Gasteiger partial charge in [0.05, 0.1) is 43.5 Å². The van der Waals surface area contributed by atoms with Crippen molar-refractivity contribution < 1.29 is 48.5 Å². The molecule has 0 spiro atoms. The summed E-state index contributed by atoms with van der Waals surface area (Å²) in [6, 6.07) is 20.5. The number of unbranched alkanes of at least 4 members (excludes halogenated alkanes) is 1. The van der Waals surface area contributed by atoms with Gasteiger partial charge in [-0.15, -0.1) is 0 Å². The van der Waals surface area contributed by atoms with Crippen LogP contribution in [0, 0.1) is 5.82 Å². The smallest absolute Gasteiger partial charge is 0.306 e. The Morgan fingerprint density at radius 2 is 1.85 bits per heavy atom. The highest BCUT2D eigenvalue weighted by Gasteiger charge is 2.38. The number of carbonyl (C=O) groups is 1. The van der Waals surface area contributed by atoms with Crippen LogP contribution < -0.4 is 24.6 Å². The Balaban J connectivity index is 1.13. The monoisotopic (exact) mass is 724 g/mol. The summed E-state index contributed by atoms with van der Waals surface area (Å²) in [4.78, 5) is 21.9. The first-order valence-corrected chi connectivity index (χ1v) is 18.1. The summed E-state index contributed by atoms with van der Waals surface area (Å²) in [6.45, 7) is 5.04. The fourth-order valence-electron chi connectivity index (χ4n) is 7.11. The number of esters is 1. The largest absolute Gasteiger partial charge is 0.490 e. The average Bonchev–Trinajstić information content (AvgIpc) is 3.62. The number of ether oxygens (including phenoxy) is 4. The quantitative estimate of drug-likeness (QED) is 0.0886. The van der Waals surface area contributed by atoms with Gasteiger partial charge in [-0.1, -0.05) is 24.3 Å². The summed E-state index contributed by atoms with van der Waals surface area (Å²) < 4.78 is 38.7. The van der Waals surface area contributed by atoms with Crippen LogP contribution in [0.4, 0.5) is 15.8 Å². The molecule has 52 heavy (non-hydrogen) atoms. The highest BCUT2D eigenvalue weighted by Crippen LogP contribution is 2.35. The molecule has 3 aromatic carbocycles. The molecule has 4 atom stereocenters. The van der Waals surface area contributed by atoms with E-state index in [2.05, 4.69) is 26.0 Å². The van der Waals surface area contributed by atoms with E-state index in [1.165, 1.54) is 6.07 Å². The molecule has 4 N–H and O–H groups in total. The van der Waals surface area contributed by atoms with Crippen molar-refractivity contribution >= 4 is 17.3 Å². The summed E-state index contributed by atoms with van der Waals surface area (Å²) in [5.41, 5.74) is 3.77. The van der Waals surface area contributed by atoms with E-state index in [0.717, 1.165) is 60.1 Å². The standard InChI is InChI=1S/C38H49FN4O9/c39-29-5-3-6-30(22-29)42-16-14-32(25-42)51-31-11-9-28(10-12-31)38-35(23-40-24-36(38)52-37(45)7-1-2-19-50-43(46)47)49-26-27-8-13-34-33(21-27)41(15-4-18-44)17-20-48-34/h3,5-6,8-13,21-22,32,35-36,38,40,44,46-47H,1-2,4,7,14-20,23-26H2. The Morgan fingerprint density at radius 1 is 1.00 bits per heavy atom. The predicted molar refractivity (Wildman–Crippen MR) is 189 cm³/mol. The molecule has 14 heteroatoms. The maximum Gasteiger partial charge on any atom is 0.306 e. The highest BCUT2D eigenvalue weighted by molar-refractivity contribution is 5.69. The summed E-state index contributed by atoms with van der Waals surface area (Å²) in [7, 11) is 0. The van der Waals surface area contributed by atoms with E-state index in [1.54, 1.807) is 12.1 Å². The summed E-state index contributed by atoms with van der Waals surface area (Å²) in [5, 5.41) is 29.9. The van der Waals surface area contributed by atoms with Crippen LogP contribution >= 0.6 is 0 Å². The second kappa shape index (κ2) is 18.6. The molecule has 4 unspecified atom stereocenters. The van der Waals surface area contributed by atoms with Crippen molar-refractivity contribution in [3.05, 3.63) is 83.7 Å². The second-order valence-electron chi connectivity index (χ2n) is 13.3. The van der Waals surface area contributed by atoms with Crippen LogP contribution in [-0.4, -0.2) is 104 Å². The van der Waals surface area contributed by atoms with Gasteiger partial charge >= 0.3 is 5.97 Å². The molecule has 6 rings (SSSR count). The van der Waals surface area contributed by atoms with E-state index in [-0.39, 0.29) is 54.9 Å². The Labute approximate surface area is 303 Å². The summed E-state index contributed by atoms with van der Waals surface area (Å²) >= 11 is 0. The molecule has 13 nitrogen and oxygen atoms in total. The van der Waals surface area contributed by atoms with Crippen molar-refractivity contribution in [3.63, 3.8) is 0 Å². The zero-order chi connectivity index (χ0) is 36.3. The first-order valence-electron chi connectivity index (χ1n) is 18.1. The second-order valence-corrected chi connectivity index (χ2v) is 13.3. The van der Waals surface area contributed by atoms with E-state index in [4.69, 9.17) is 29.4 Å². The number of carbonyl (C=O) groups excluding carboxylic acids is 1. The minimum atomic E-state index is -0.500. The molecule has 0 bridgehead atoms. The molecule has 0 radical (unpaired) electrons. The van der Waals surface area contributed by atoms with Gasteiger partial charge in [0.25, 0.3) is 0 Å². The molecular weight excluding hydrogens is 675 g/mol. The normalized spacial score (nSPS) is 21.6. The SMILES string of the molecule is O=C(CCCCON(O)O)OC1CNCC(OCc2ccc3c(c2)N(CCCO)CCO3)C1c1ccc(OC2CCN(c3cccc(F)c3)C2)cc1. The molecule has 3 aromatic rings. The first-order chi connectivity index (χ1) is 25.4. The molecule has 282 valence electrons. The van der Waals surface area contributed by atoms with E-state index in [0.29, 0.717) is 52.1 Å². The molecule has 0 amide bonds. The van der Waals surface area contributed by atoms with Crippen molar-refractivity contribution in [1.29, 1.82) is 0 Å². The molecule has 0 aliphatic carbocycles. The third-order valence-corrected chi connectivity index (χ3v) is 9.68. The zero-order valence-corrected chi connectivity index (χ0v) is 29.3. The Morgan fingerprint density at radius 3 is 2.65 bits per heavy atom. The van der Waals surface area contributed by atoms with Gasteiger partial charge in [0.2, 0.25) is 0 Å². The summed E-state index contributed by atoms with van der Waals surface area (Å²) in [6.07, 6.45) is 1.68. The topological polar surface area (TPSA) is 146 Å². The molecule has 3 aliphatic rings. The number of piperidine rings is 1. The van der Waals surface area contributed by atoms with Gasteiger partial charge in [0, 0.05) is 57.2 Å². The fraction of sp³-hybridized carbons (Fsp3) is 0.500. The number of fused-ring (bicyclic) bond motifs is 1. The lowest BCUT2D eigenvalue weighted by molar-refractivity contribution is -0.492. The van der Waals surface area contributed by atoms with Crippen molar-refractivity contribution in [2.75, 3.05) is 68.9 Å². The number of nitrogens with zero attached hydrogens (tertiary/aromatic N) is 3. The molecule has 3 aliphatic heterocycles. The van der Waals surface area contributed by atoms with Crippen molar-refractivity contribution in [2.45, 2.75) is 62.9 Å². The lowest BCUT2D eigenvalue weighted by atomic mass is 9.85. The molecule has 0 aromatic heterocycles. The zero-order valence-electron chi connectivity index (χ0n) is 29.3. The number of hydrogen-bond acceptors (Lipinski definition) is 13. The Kier molecular flexibility index (Phi) is 13.5. The van der Waals surface area contributed by atoms with Gasteiger partial charge in [-0.25, -0.2) is 4.39 Å². The number of benzene rings is 3. The van der Waals surface area contributed by atoms with Gasteiger partial charge in [-0.3, -0.25) is 20.0 Å². The predicted octanol–water partition coefficient (Wildman–Crippen LogP) is 4.43. The van der Waals surface area contributed by atoms with Gasteiger partial charge in [0.1, 0.15) is 36.1 Å². The molecule has 0 saturated carbocycles. The Hall–Kier alpha value is -4.02. The van der Waals surface area contributed by atoms with Crippen LogP contribution in [0.1, 0.15) is 49.1 Å². The third kappa shape index (κ3) is 10.3. The van der Waals surface area contributed by atoms with Gasteiger partial charge in [-0.05, 0) is 72.9 Å². The lowest BCUT2D eigenvalue weighted by Crippen LogP contribution is -2.51. The van der Waals surface area contributed by atoms with E-state index >= 15 is 0 Å². The van der Waals surface area contributed by atoms with Crippen LogP contribution in [-0.2, 0) is 25.7 Å². The van der Waals surface area contributed by atoms with E-state index in [1.807, 2.05) is 42.5 Å². The number of anilines is 2. The molecular formula is C38H49FN4O9. The number of hydrogen-bond donors (Lipinski definition) is 4. The minimum absolute atomic E-state index is 0.0393. The Bertz CT molecular complexity index is 1580. The van der Waals surface area contributed by atoms with E-state index < -0.39 is 6.10 Å². The molecule has 2 fully saturated rings. The number of nitrogens with one attached hydrogen (secondary N) is 1. The van der Waals surface area contributed by atoms with Crippen molar-refractivity contribution in [2.24, 2.45) is 0 Å². The molecule has 3 heterocycles. The number of rotatable bonds is 17. The van der Waals surface area contributed by atoms with Crippen LogP contribution in [0.15, 0.2) is 66.7 Å². The van der Waals surface area contributed by atoms with Crippen molar-refractivity contribution in [1.82, 2.24) is 10.7 Å². The fourth-order valence-corrected chi connectivity index (χ4v) is 7.11. The van der Waals surface area contributed by atoms with E-state index in [9.17, 15) is 14.3 Å². The first kappa shape index (κ1) is 37.7. The van der Waals surface area contributed by atoms with Crippen LogP contribution in [0.5, 0.6) is 11.5 Å². The lowest BCUT2D eigenvalue weighted by Gasteiger charge is -2.38. The van der Waals surface area contributed by atoms with Crippen LogP contribution in [0.2, 0.25) is 0 Å².